The van der Waals surface area contributed by atoms with Crippen molar-refractivity contribution >= 4 is 22.5 Å². The molecule has 2 aromatic heterocycles. The highest BCUT2D eigenvalue weighted by Crippen LogP contribution is 2.32. The van der Waals surface area contributed by atoms with Crippen molar-refractivity contribution in [1.82, 2.24) is 19.7 Å². The number of anilines is 1. The van der Waals surface area contributed by atoms with Gasteiger partial charge < -0.3 is 10.4 Å². The quantitative estimate of drug-likeness (QED) is 0.559. The lowest BCUT2D eigenvalue weighted by atomic mass is 9.88. The van der Waals surface area contributed by atoms with Crippen molar-refractivity contribution < 1.29 is 9.90 Å². The molecule has 1 aliphatic heterocycles. The van der Waals surface area contributed by atoms with Crippen molar-refractivity contribution in [3.05, 3.63) is 41.9 Å². The van der Waals surface area contributed by atoms with Gasteiger partial charge >= 0.3 is 0 Å². The zero-order valence-electron chi connectivity index (χ0n) is 20.1. The number of likely N-dealkylation sites (tertiary alicyclic amines) is 1. The molecule has 0 bridgehead atoms. The third kappa shape index (κ3) is 4.72. The van der Waals surface area contributed by atoms with Crippen LogP contribution in [0.4, 0.5) is 5.82 Å². The number of aromatic nitrogens is 3. The monoisotopic (exact) mass is 461 g/mol. The number of aliphatic hydroxyl groups excluding tert-OH is 1. The number of hydrogen-bond acceptors (Lipinski definition) is 5. The van der Waals surface area contributed by atoms with Crippen LogP contribution in [-0.4, -0.2) is 43.8 Å². The standard InChI is InChI=1S/C27H35N5O2/c1-31-25(17-32-12-6-3-7-13-32)23(16-29-31)20-10-11-21-15-28-26(24(18-33)22(21)14-20)30-27(34)19-8-4-2-5-9-19/h10-11,14-16,19,33H,2-9,12-13,17-18H2,1H3,(H,28,30,34). The average molecular weight is 462 g/mol. The van der Waals surface area contributed by atoms with Crippen molar-refractivity contribution in [3.63, 3.8) is 0 Å². The molecule has 3 aromatic rings. The molecule has 1 saturated heterocycles. The minimum atomic E-state index is -0.179. The Morgan fingerprint density at radius 3 is 2.62 bits per heavy atom. The first kappa shape index (κ1) is 23.0. The molecule has 2 aliphatic rings. The fraction of sp³-hybridized carbons (Fsp3) is 0.519. The van der Waals surface area contributed by atoms with Gasteiger partial charge in [-0.05, 0) is 55.8 Å². The maximum atomic E-state index is 12.8. The lowest BCUT2D eigenvalue weighted by Crippen LogP contribution is -2.30. The van der Waals surface area contributed by atoms with Crippen LogP contribution in [0, 0.1) is 5.92 Å². The van der Waals surface area contributed by atoms with Crippen molar-refractivity contribution in [2.75, 3.05) is 18.4 Å². The SMILES string of the molecule is Cn1ncc(-c2ccc3cnc(NC(=O)C4CCCCC4)c(CO)c3c2)c1CN1CCCCC1. The molecule has 0 atom stereocenters. The van der Waals surface area contributed by atoms with E-state index < -0.39 is 0 Å². The summed E-state index contributed by atoms with van der Waals surface area (Å²) in [5.74, 6) is 0.535. The number of aliphatic hydroxyl groups is 1. The summed E-state index contributed by atoms with van der Waals surface area (Å²) in [7, 11) is 2.01. The van der Waals surface area contributed by atoms with Crippen molar-refractivity contribution in [1.29, 1.82) is 0 Å². The van der Waals surface area contributed by atoms with Gasteiger partial charge in [-0.2, -0.15) is 5.10 Å². The molecule has 2 N–H and O–H groups in total. The Labute approximate surface area is 201 Å². The Balaban J connectivity index is 1.46. The van der Waals surface area contributed by atoms with E-state index in [-0.39, 0.29) is 18.4 Å². The summed E-state index contributed by atoms with van der Waals surface area (Å²) in [5.41, 5.74) is 4.05. The van der Waals surface area contributed by atoms with Gasteiger partial charge in [0.25, 0.3) is 0 Å². The molecule has 7 nitrogen and oxygen atoms in total. The Kier molecular flexibility index (Phi) is 6.92. The Hall–Kier alpha value is -2.77. The lowest BCUT2D eigenvalue weighted by Gasteiger charge is -2.26. The normalized spacial score (nSPS) is 17.8. The summed E-state index contributed by atoms with van der Waals surface area (Å²) in [5, 5.41) is 19.7. The van der Waals surface area contributed by atoms with Crippen molar-refractivity contribution in [3.8, 4) is 11.1 Å². The van der Waals surface area contributed by atoms with E-state index in [1.165, 1.54) is 31.4 Å². The predicted molar refractivity (Wildman–Crippen MR) is 134 cm³/mol. The first-order valence-corrected chi connectivity index (χ1v) is 12.7. The number of rotatable bonds is 6. The van der Waals surface area contributed by atoms with E-state index in [9.17, 15) is 9.90 Å². The third-order valence-corrected chi connectivity index (χ3v) is 7.57. The third-order valence-electron chi connectivity index (χ3n) is 7.57. The summed E-state index contributed by atoms with van der Waals surface area (Å²) in [4.78, 5) is 19.9. The number of fused-ring (bicyclic) bond motifs is 1. The molecule has 3 heterocycles. The van der Waals surface area contributed by atoms with Gasteiger partial charge in [0.2, 0.25) is 5.91 Å². The fourth-order valence-electron chi connectivity index (χ4n) is 5.51. The highest BCUT2D eigenvalue weighted by atomic mass is 16.3. The molecule has 0 unspecified atom stereocenters. The molecule has 180 valence electrons. The maximum absolute atomic E-state index is 12.8. The molecule has 7 heteroatoms. The van der Waals surface area contributed by atoms with Crippen LogP contribution in [0.25, 0.3) is 21.9 Å². The first-order valence-electron chi connectivity index (χ1n) is 12.7. The van der Waals surface area contributed by atoms with Crippen LogP contribution in [0.1, 0.15) is 62.6 Å². The number of piperidine rings is 1. The van der Waals surface area contributed by atoms with Gasteiger partial charge in [0.05, 0.1) is 18.5 Å². The topological polar surface area (TPSA) is 83.3 Å². The van der Waals surface area contributed by atoms with Gasteiger partial charge in [0.15, 0.2) is 0 Å². The molecular formula is C27H35N5O2. The molecule has 1 aromatic carbocycles. The van der Waals surface area contributed by atoms with Crippen molar-refractivity contribution in [2.45, 2.75) is 64.5 Å². The maximum Gasteiger partial charge on any atom is 0.228 e. The predicted octanol–water partition coefficient (Wildman–Crippen LogP) is 4.63. The molecule has 1 saturated carbocycles. The second kappa shape index (κ2) is 10.2. The van der Waals surface area contributed by atoms with E-state index in [1.54, 1.807) is 6.20 Å². The van der Waals surface area contributed by atoms with Gasteiger partial charge in [-0.3, -0.25) is 14.4 Å². The van der Waals surface area contributed by atoms with Crippen LogP contribution >= 0.6 is 0 Å². The molecular weight excluding hydrogens is 426 g/mol. The summed E-state index contributed by atoms with van der Waals surface area (Å²) in [6.45, 7) is 2.97. The van der Waals surface area contributed by atoms with Crippen LogP contribution in [0.5, 0.6) is 0 Å². The van der Waals surface area contributed by atoms with Gasteiger partial charge in [-0.25, -0.2) is 4.98 Å². The summed E-state index contributed by atoms with van der Waals surface area (Å²) in [6.07, 6.45) is 12.8. The molecule has 1 aliphatic carbocycles. The summed E-state index contributed by atoms with van der Waals surface area (Å²) in [6, 6.07) is 6.25. The second-order valence-electron chi connectivity index (χ2n) is 9.84. The van der Waals surface area contributed by atoms with Gasteiger partial charge in [-0.15, -0.1) is 0 Å². The van der Waals surface area contributed by atoms with E-state index in [0.29, 0.717) is 11.4 Å². The van der Waals surface area contributed by atoms with E-state index in [2.05, 4.69) is 32.4 Å². The molecule has 34 heavy (non-hydrogen) atoms. The second-order valence-corrected chi connectivity index (χ2v) is 9.84. The number of carbonyl (C=O) groups excluding carboxylic acids is 1. The number of nitrogens with one attached hydrogen (secondary N) is 1. The number of benzene rings is 1. The highest BCUT2D eigenvalue weighted by molar-refractivity contribution is 5.97. The number of amides is 1. The number of hydrogen-bond donors (Lipinski definition) is 2. The minimum absolute atomic E-state index is 0.0217. The lowest BCUT2D eigenvalue weighted by molar-refractivity contribution is -0.120. The molecule has 0 spiro atoms. The van der Waals surface area contributed by atoms with Crippen LogP contribution in [-0.2, 0) is 25.0 Å². The smallest absolute Gasteiger partial charge is 0.228 e. The van der Waals surface area contributed by atoms with E-state index in [4.69, 9.17) is 0 Å². The van der Waals surface area contributed by atoms with Crippen LogP contribution < -0.4 is 5.32 Å². The van der Waals surface area contributed by atoms with E-state index in [0.717, 1.165) is 67.2 Å². The average Bonchev–Trinajstić information content (AvgIpc) is 3.24. The number of nitrogens with zero attached hydrogens (tertiary/aromatic N) is 4. The summed E-state index contributed by atoms with van der Waals surface area (Å²) >= 11 is 0. The Morgan fingerprint density at radius 1 is 1.09 bits per heavy atom. The van der Waals surface area contributed by atoms with Crippen molar-refractivity contribution in [2.24, 2.45) is 13.0 Å². The molecule has 0 radical (unpaired) electrons. The van der Waals surface area contributed by atoms with Gasteiger partial charge in [0.1, 0.15) is 5.82 Å². The zero-order valence-corrected chi connectivity index (χ0v) is 20.1. The highest BCUT2D eigenvalue weighted by Gasteiger charge is 2.23. The van der Waals surface area contributed by atoms with Gasteiger partial charge in [-0.1, -0.05) is 37.8 Å². The summed E-state index contributed by atoms with van der Waals surface area (Å²) < 4.78 is 1.98. The minimum Gasteiger partial charge on any atom is -0.392 e. The first-order chi connectivity index (χ1) is 16.6. The van der Waals surface area contributed by atoms with E-state index >= 15 is 0 Å². The van der Waals surface area contributed by atoms with Crippen LogP contribution in [0.2, 0.25) is 0 Å². The molecule has 1 amide bonds. The largest absolute Gasteiger partial charge is 0.392 e. The number of pyridine rings is 1. The van der Waals surface area contributed by atoms with Gasteiger partial charge in [0, 0.05) is 42.2 Å². The molecule has 2 fully saturated rings. The van der Waals surface area contributed by atoms with Crippen LogP contribution in [0.15, 0.2) is 30.6 Å². The van der Waals surface area contributed by atoms with E-state index in [1.807, 2.05) is 24.0 Å². The number of carbonyl (C=O) groups is 1. The Bertz CT molecular complexity index is 1160. The van der Waals surface area contributed by atoms with Crippen LogP contribution in [0.3, 0.4) is 0 Å². The number of aryl methyl sites for hydroxylation is 1. The molecule has 5 rings (SSSR count). The zero-order chi connectivity index (χ0) is 23.5. The Morgan fingerprint density at radius 2 is 1.85 bits per heavy atom. The fourth-order valence-corrected chi connectivity index (χ4v) is 5.51.